The molecule has 26 heavy (non-hydrogen) atoms. The molecule has 2 aromatic rings. The van der Waals surface area contributed by atoms with Crippen molar-refractivity contribution in [2.45, 2.75) is 17.7 Å². The Labute approximate surface area is 156 Å². The number of benzene rings is 2. The highest BCUT2D eigenvalue weighted by Crippen LogP contribution is 2.26. The molecule has 0 aromatic heterocycles. The van der Waals surface area contributed by atoms with Crippen LogP contribution in [0.1, 0.15) is 23.2 Å². The normalized spacial score (nSPS) is 14.5. The van der Waals surface area contributed by atoms with Crippen LogP contribution >= 0.6 is 11.6 Å². The second-order valence-corrected chi connectivity index (χ2v) is 8.37. The molecule has 1 aliphatic rings. The number of rotatable bonds is 4. The summed E-state index contributed by atoms with van der Waals surface area (Å²) in [5.41, 5.74) is 0.706. The summed E-state index contributed by atoms with van der Waals surface area (Å²) in [5.74, 6) is -0.421. The van der Waals surface area contributed by atoms with Crippen molar-refractivity contribution in [1.82, 2.24) is 0 Å². The number of carbonyl (C=O) groups is 2. The van der Waals surface area contributed by atoms with Gasteiger partial charge in [0.05, 0.1) is 15.5 Å². The van der Waals surface area contributed by atoms with Gasteiger partial charge in [0.1, 0.15) is 5.75 Å². The number of carbonyl (C=O) groups excluding carboxylic acids is 2. The first kappa shape index (κ1) is 18.4. The molecule has 1 fully saturated rings. The highest BCUT2D eigenvalue weighted by atomic mass is 35.5. The lowest BCUT2D eigenvalue weighted by Crippen LogP contribution is -2.23. The predicted molar refractivity (Wildman–Crippen MR) is 97.5 cm³/mol. The maximum Gasteiger partial charge on any atom is 0.345 e. The number of hydrogen-bond acceptors (Lipinski definition) is 5. The van der Waals surface area contributed by atoms with Gasteiger partial charge in [-0.3, -0.25) is 4.79 Å². The maximum absolute atomic E-state index is 12.3. The summed E-state index contributed by atoms with van der Waals surface area (Å²) in [6, 6.07) is 10.4. The van der Waals surface area contributed by atoms with Gasteiger partial charge in [0.25, 0.3) is 0 Å². The molecule has 0 saturated carbocycles. The molecule has 1 heterocycles. The van der Waals surface area contributed by atoms with Crippen molar-refractivity contribution in [3.05, 3.63) is 53.1 Å². The zero-order chi connectivity index (χ0) is 18.9. The van der Waals surface area contributed by atoms with E-state index >= 15 is 0 Å². The van der Waals surface area contributed by atoms with Gasteiger partial charge in [-0.25, -0.2) is 13.2 Å². The molecule has 0 spiro atoms. The van der Waals surface area contributed by atoms with Crippen molar-refractivity contribution in [2.24, 2.45) is 0 Å². The first-order valence-electron chi connectivity index (χ1n) is 7.88. The summed E-state index contributed by atoms with van der Waals surface area (Å²) in [6.45, 7) is 0.672. The minimum atomic E-state index is -3.47. The molecule has 1 amide bonds. The summed E-state index contributed by atoms with van der Waals surface area (Å²) >= 11 is 5.99. The Morgan fingerprint density at radius 2 is 1.85 bits per heavy atom. The molecule has 6 nitrogen and oxygen atoms in total. The highest BCUT2D eigenvalue weighted by molar-refractivity contribution is 7.90. The fraction of sp³-hybridized carbons (Fsp3) is 0.222. The Morgan fingerprint density at radius 1 is 1.15 bits per heavy atom. The van der Waals surface area contributed by atoms with Crippen LogP contribution in [0, 0.1) is 0 Å². The second kappa shape index (κ2) is 7.09. The van der Waals surface area contributed by atoms with Crippen LogP contribution in [-0.4, -0.2) is 33.1 Å². The molecule has 0 aliphatic carbocycles. The molecular weight excluding hydrogens is 378 g/mol. The van der Waals surface area contributed by atoms with Gasteiger partial charge in [-0.2, -0.15) is 0 Å². The number of ether oxygens (including phenoxy) is 1. The van der Waals surface area contributed by atoms with Crippen LogP contribution in [0.15, 0.2) is 47.4 Å². The van der Waals surface area contributed by atoms with Gasteiger partial charge in [-0.05, 0) is 48.9 Å². The van der Waals surface area contributed by atoms with Crippen molar-refractivity contribution in [1.29, 1.82) is 0 Å². The van der Waals surface area contributed by atoms with Crippen LogP contribution in [0.25, 0.3) is 0 Å². The van der Waals surface area contributed by atoms with Gasteiger partial charge in [0, 0.05) is 24.9 Å². The quantitative estimate of drug-likeness (QED) is 0.589. The lowest BCUT2D eigenvalue weighted by atomic mass is 10.2. The molecule has 0 unspecified atom stereocenters. The minimum Gasteiger partial charge on any atom is -0.423 e. The molecule has 136 valence electrons. The largest absolute Gasteiger partial charge is 0.423 e. The fourth-order valence-corrected chi connectivity index (χ4v) is 3.51. The van der Waals surface area contributed by atoms with Gasteiger partial charge < -0.3 is 9.64 Å². The Kier molecular flexibility index (Phi) is 5.02. The van der Waals surface area contributed by atoms with E-state index in [1.807, 2.05) is 0 Å². The van der Waals surface area contributed by atoms with Crippen molar-refractivity contribution < 1.29 is 22.7 Å². The van der Waals surface area contributed by atoms with E-state index in [0.29, 0.717) is 13.0 Å². The van der Waals surface area contributed by atoms with Gasteiger partial charge in [-0.15, -0.1) is 0 Å². The van der Waals surface area contributed by atoms with Crippen LogP contribution in [0.2, 0.25) is 5.02 Å². The standard InChI is InChI=1S/C18H16ClNO5S/c1-26(23,24)14-8-9-16(19)15(11-14)18(22)25-13-6-4-12(5-7-13)20-10-2-3-17(20)21/h4-9,11H,2-3,10H2,1H3. The third-order valence-corrected chi connectivity index (χ3v) is 5.46. The third-order valence-electron chi connectivity index (χ3n) is 4.02. The summed E-state index contributed by atoms with van der Waals surface area (Å²) in [4.78, 5) is 25.8. The maximum atomic E-state index is 12.3. The monoisotopic (exact) mass is 393 g/mol. The number of nitrogens with zero attached hydrogens (tertiary/aromatic N) is 1. The lowest BCUT2D eigenvalue weighted by molar-refractivity contribution is -0.117. The van der Waals surface area contributed by atoms with Crippen LogP contribution in [0.5, 0.6) is 5.75 Å². The SMILES string of the molecule is CS(=O)(=O)c1ccc(Cl)c(C(=O)Oc2ccc(N3CCCC3=O)cc2)c1. The van der Waals surface area contributed by atoms with Crippen LogP contribution < -0.4 is 9.64 Å². The number of sulfone groups is 1. The molecule has 3 rings (SSSR count). The zero-order valence-electron chi connectivity index (χ0n) is 13.9. The second-order valence-electron chi connectivity index (χ2n) is 5.95. The molecule has 0 bridgehead atoms. The van der Waals surface area contributed by atoms with E-state index in [1.54, 1.807) is 29.2 Å². The Balaban J connectivity index is 1.79. The van der Waals surface area contributed by atoms with Crippen molar-refractivity contribution in [2.75, 3.05) is 17.7 Å². The minimum absolute atomic E-state index is 0.0169. The average molecular weight is 394 g/mol. The Bertz CT molecular complexity index is 970. The molecule has 0 atom stereocenters. The van der Waals surface area contributed by atoms with E-state index in [1.165, 1.54) is 18.2 Å². The summed E-state index contributed by atoms with van der Waals surface area (Å²) < 4.78 is 28.6. The first-order valence-corrected chi connectivity index (χ1v) is 10.1. The van der Waals surface area contributed by atoms with Crippen molar-refractivity contribution in [3.63, 3.8) is 0 Å². The third kappa shape index (κ3) is 3.89. The highest BCUT2D eigenvalue weighted by Gasteiger charge is 2.22. The topological polar surface area (TPSA) is 80.8 Å². The lowest BCUT2D eigenvalue weighted by Gasteiger charge is -2.16. The van der Waals surface area contributed by atoms with Gasteiger partial charge >= 0.3 is 5.97 Å². The Morgan fingerprint density at radius 3 is 2.42 bits per heavy atom. The molecule has 1 saturated heterocycles. The smallest absolute Gasteiger partial charge is 0.345 e. The summed E-state index contributed by atoms with van der Waals surface area (Å²) in [6.07, 6.45) is 2.40. The number of esters is 1. The zero-order valence-corrected chi connectivity index (χ0v) is 15.5. The Hall–Kier alpha value is -2.38. The molecule has 2 aromatic carbocycles. The molecule has 0 radical (unpaired) electrons. The molecule has 0 N–H and O–H groups in total. The number of hydrogen-bond donors (Lipinski definition) is 0. The molecule has 8 heteroatoms. The first-order chi connectivity index (χ1) is 12.3. The molecule has 1 aliphatic heterocycles. The van der Waals surface area contributed by atoms with Gasteiger partial charge in [0.15, 0.2) is 9.84 Å². The average Bonchev–Trinajstić information content (AvgIpc) is 3.01. The number of anilines is 1. The summed E-state index contributed by atoms with van der Waals surface area (Å²) in [5, 5.41) is 0.0988. The fourth-order valence-electron chi connectivity index (χ4n) is 2.67. The number of amides is 1. The van der Waals surface area contributed by atoms with Crippen LogP contribution in [-0.2, 0) is 14.6 Å². The van der Waals surface area contributed by atoms with Crippen LogP contribution in [0.3, 0.4) is 0 Å². The van der Waals surface area contributed by atoms with E-state index in [9.17, 15) is 18.0 Å². The van der Waals surface area contributed by atoms with E-state index in [2.05, 4.69) is 0 Å². The number of halogens is 1. The van der Waals surface area contributed by atoms with Gasteiger partial charge in [0.2, 0.25) is 5.91 Å². The molecular formula is C18H16ClNO5S. The van der Waals surface area contributed by atoms with E-state index in [-0.39, 0.29) is 27.1 Å². The predicted octanol–water partition coefficient (Wildman–Crippen LogP) is 3.09. The van der Waals surface area contributed by atoms with E-state index in [4.69, 9.17) is 16.3 Å². The van der Waals surface area contributed by atoms with E-state index < -0.39 is 15.8 Å². The van der Waals surface area contributed by atoms with Crippen LogP contribution in [0.4, 0.5) is 5.69 Å². The van der Waals surface area contributed by atoms with Crippen molar-refractivity contribution in [3.8, 4) is 5.75 Å². The van der Waals surface area contributed by atoms with Crippen molar-refractivity contribution >= 4 is 39.0 Å². The summed E-state index contributed by atoms with van der Waals surface area (Å²) in [7, 11) is -3.47. The van der Waals surface area contributed by atoms with E-state index in [0.717, 1.165) is 18.4 Å². The van der Waals surface area contributed by atoms with Gasteiger partial charge in [-0.1, -0.05) is 11.6 Å².